The second kappa shape index (κ2) is 6.38. The molecule has 2 nitrogen and oxygen atoms in total. The number of anilines is 1. The smallest absolute Gasteiger partial charge is 0.124 e. The maximum absolute atomic E-state index is 13.4. The highest BCUT2D eigenvalue weighted by atomic mass is 79.9. The average molecular weight is 398 g/mol. The lowest BCUT2D eigenvalue weighted by atomic mass is 10.1. The Hall–Kier alpha value is -1.38. The summed E-state index contributed by atoms with van der Waals surface area (Å²) < 4.78 is 15.2. The van der Waals surface area contributed by atoms with Crippen molar-refractivity contribution in [3.63, 3.8) is 0 Å². The van der Waals surface area contributed by atoms with Crippen molar-refractivity contribution >= 4 is 37.5 Å². The molecule has 5 heteroatoms. The van der Waals surface area contributed by atoms with Crippen LogP contribution in [0.5, 0.6) is 0 Å². The summed E-state index contributed by atoms with van der Waals surface area (Å²) in [6, 6.07) is 10.3. The number of hydrogen-bond donors (Lipinski definition) is 1. The lowest BCUT2D eigenvalue weighted by Gasteiger charge is -2.12. The highest BCUT2D eigenvalue weighted by Crippen LogP contribution is 2.32. The second-order valence-corrected chi connectivity index (χ2v) is 6.13. The zero-order valence-corrected chi connectivity index (χ0v) is 13.8. The molecule has 20 heavy (non-hydrogen) atoms. The first-order chi connectivity index (χ1) is 9.49. The van der Waals surface area contributed by atoms with Gasteiger partial charge < -0.3 is 5.32 Å². The molecule has 0 unspecified atom stereocenters. The maximum Gasteiger partial charge on any atom is 0.124 e. The molecule has 2 aromatic rings. The molecule has 2 aromatic carbocycles. The molecule has 0 saturated heterocycles. The van der Waals surface area contributed by atoms with Gasteiger partial charge in [-0.05, 0) is 80.2 Å². The number of nitrogens with one attached hydrogen (secondary N) is 1. The number of hydrogen-bond acceptors (Lipinski definition) is 2. The van der Waals surface area contributed by atoms with E-state index in [9.17, 15) is 4.39 Å². The number of benzene rings is 2. The standard InChI is InChI=1S/C15H11Br2FN2/c1-9-2-13(16)15(14(17)3-9)20-8-11-4-10(7-19)5-12(18)6-11/h2-6,20H,8H2,1H3. The molecular weight excluding hydrogens is 387 g/mol. The molecular formula is C15H11Br2FN2. The molecule has 1 N–H and O–H groups in total. The Labute approximate surface area is 133 Å². The van der Waals surface area contributed by atoms with Gasteiger partial charge in [-0.25, -0.2) is 4.39 Å². The molecule has 0 spiro atoms. The first-order valence-electron chi connectivity index (χ1n) is 5.88. The fourth-order valence-corrected chi connectivity index (χ4v) is 3.57. The number of rotatable bonds is 3. The first-order valence-corrected chi connectivity index (χ1v) is 7.47. The Bertz CT molecular complexity index is 670. The maximum atomic E-state index is 13.4. The quantitative estimate of drug-likeness (QED) is 0.777. The molecule has 0 amide bonds. The molecule has 0 aliphatic heterocycles. The zero-order valence-electron chi connectivity index (χ0n) is 10.7. The minimum absolute atomic E-state index is 0.323. The van der Waals surface area contributed by atoms with Crippen molar-refractivity contribution in [2.24, 2.45) is 0 Å². The molecule has 0 radical (unpaired) electrons. The Morgan fingerprint density at radius 1 is 1.15 bits per heavy atom. The van der Waals surface area contributed by atoms with Crippen molar-refractivity contribution in [2.45, 2.75) is 13.5 Å². The van der Waals surface area contributed by atoms with Gasteiger partial charge in [0.25, 0.3) is 0 Å². The molecule has 0 aromatic heterocycles. The first kappa shape index (κ1) is 15.0. The Morgan fingerprint density at radius 2 is 1.80 bits per heavy atom. The fraction of sp³-hybridized carbons (Fsp3) is 0.133. The number of aryl methyl sites for hydroxylation is 1. The van der Waals surface area contributed by atoms with Crippen molar-refractivity contribution in [1.82, 2.24) is 0 Å². The number of halogens is 3. The van der Waals surface area contributed by atoms with E-state index < -0.39 is 5.82 Å². The van der Waals surface area contributed by atoms with Gasteiger partial charge in [-0.1, -0.05) is 0 Å². The molecule has 102 valence electrons. The second-order valence-electron chi connectivity index (χ2n) is 4.42. The van der Waals surface area contributed by atoms with E-state index in [1.165, 1.54) is 12.1 Å². The zero-order chi connectivity index (χ0) is 14.7. The van der Waals surface area contributed by atoms with E-state index in [2.05, 4.69) is 37.2 Å². The summed E-state index contributed by atoms with van der Waals surface area (Å²) in [5.41, 5.74) is 3.08. The third-order valence-electron chi connectivity index (χ3n) is 2.74. The van der Waals surface area contributed by atoms with Crippen molar-refractivity contribution < 1.29 is 4.39 Å². The van der Waals surface area contributed by atoms with Crippen LogP contribution in [0, 0.1) is 24.1 Å². The summed E-state index contributed by atoms with van der Waals surface area (Å²) in [4.78, 5) is 0. The van der Waals surface area contributed by atoms with Crippen LogP contribution in [0.3, 0.4) is 0 Å². The van der Waals surface area contributed by atoms with E-state index in [4.69, 9.17) is 5.26 Å². The Morgan fingerprint density at radius 3 is 2.40 bits per heavy atom. The predicted octanol–water partition coefficient (Wildman–Crippen LogP) is 5.14. The van der Waals surface area contributed by atoms with Crippen LogP contribution in [0.4, 0.5) is 10.1 Å². The van der Waals surface area contributed by atoms with E-state index >= 15 is 0 Å². The van der Waals surface area contributed by atoms with E-state index in [1.54, 1.807) is 6.07 Å². The van der Waals surface area contributed by atoms with Gasteiger partial charge in [-0.15, -0.1) is 0 Å². The van der Waals surface area contributed by atoms with Crippen LogP contribution in [0.25, 0.3) is 0 Å². The van der Waals surface area contributed by atoms with Crippen LogP contribution in [0.15, 0.2) is 39.3 Å². The summed E-state index contributed by atoms with van der Waals surface area (Å²) >= 11 is 6.99. The molecule has 0 bridgehead atoms. The highest BCUT2D eigenvalue weighted by molar-refractivity contribution is 9.11. The molecule has 0 saturated carbocycles. The van der Waals surface area contributed by atoms with Crippen molar-refractivity contribution in [2.75, 3.05) is 5.32 Å². The summed E-state index contributed by atoms with van der Waals surface area (Å²) in [6.45, 7) is 2.44. The third kappa shape index (κ3) is 3.59. The molecule has 0 aliphatic rings. The van der Waals surface area contributed by atoms with Crippen LogP contribution in [0.2, 0.25) is 0 Å². The van der Waals surface area contributed by atoms with Gasteiger partial charge in [0.05, 0.1) is 17.3 Å². The molecule has 0 fully saturated rings. The van der Waals surface area contributed by atoms with Crippen LogP contribution in [0.1, 0.15) is 16.7 Å². The monoisotopic (exact) mass is 396 g/mol. The molecule has 0 aliphatic carbocycles. The predicted molar refractivity (Wildman–Crippen MR) is 85.0 cm³/mol. The van der Waals surface area contributed by atoms with Gasteiger partial charge in [0.1, 0.15) is 5.82 Å². The van der Waals surface area contributed by atoms with Gasteiger partial charge in [0.2, 0.25) is 0 Å². The Balaban J connectivity index is 2.21. The van der Waals surface area contributed by atoms with Gasteiger partial charge in [-0.2, -0.15) is 5.26 Å². The van der Waals surface area contributed by atoms with E-state index in [-0.39, 0.29) is 0 Å². The highest BCUT2D eigenvalue weighted by Gasteiger charge is 2.07. The summed E-state index contributed by atoms with van der Waals surface area (Å²) in [7, 11) is 0. The average Bonchev–Trinajstić information content (AvgIpc) is 2.36. The van der Waals surface area contributed by atoms with E-state index in [0.717, 1.165) is 25.8 Å². The largest absolute Gasteiger partial charge is 0.379 e. The minimum atomic E-state index is -0.400. The van der Waals surface area contributed by atoms with E-state index in [1.807, 2.05) is 25.1 Å². The van der Waals surface area contributed by atoms with Crippen LogP contribution >= 0.6 is 31.9 Å². The van der Waals surface area contributed by atoms with Crippen molar-refractivity contribution in [3.05, 3.63) is 61.8 Å². The van der Waals surface area contributed by atoms with Crippen molar-refractivity contribution in [3.8, 4) is 6.07 Å². The number of nitrogens with zero attached hydrogens (tertiary/aromatic N) is 1. The summed E-state index contributed by atoms with van der Waals surface area (Å²) in [6.07, 6.45) is 0. The lowest BCUT2D eigenvalue weighted by molar-refractivity contribution is 0.625. The molecule has 2 rings (SSSR count). The van der Waals surface area contributed by atoms with Gasteiger partial charge in [-0.3, -0.25) is 0 Å². The lowest BCUT2D eigenvalue weighted by Crippen LogP contribution is -2.02. The molecule has 0 heterocycles. The van der Waals surface area contributed by atoms with Crippen molar-refractivity contribution in [1.29, 1.82) is 5.26 Å². The fourth-order valence-electron chi connectivity index (χ4n) is 1.88. The summed E-state index contributed by atoms with van der Waals surface area (Å²) in [5, 5.41) is 12.1. The minimum Gasteiger partial charge on any atom is -0.379 e. The van der Waals surface area contributed by atoms with Gasteiger partial charge in [0, 0.05) is 15.5 Å². The third-order valence-corrected chi connectivity index (χ3v) is 3.99. The van der Waals surface area contributed by atoms with Gasteiger partial charge in [0.15, 0.2) is 0 Å². The molecule has 0 atom stereocenters. The Kier molecular flexibility index (Phi) is 4.79. The number of nitriles is 1. The normalized spacial score (nSPS) is 10.2. The van der Waals surface area contributed by atoms with Crippen LogP contribution < -0.4 is 5.32 Å². The SMILES string of the molecule is Cc1cc(Br)c(NCc2cc(F)cc(C#N)c2)c(Br)c1. The topological polar surface area (TPSA) is 35.8 Å². The van der Waals surface area contributed by atoms with Crippen LogP contribution in [-0.2, 0) is 6.54 Å². The van der Waals surface area contributed by atoms with Crippen LogP contribution in [-0.4, -0.2) is 0 Å². The summed E-state index contributed by atoms with van der Waals surface area (Å²) in [5.74, 6) is -0.400. The van der Waals surface area contributed by atoms with Gasteiger partial charge >= 0.3 is 0 Å². The van der Waals surface area contributed by atoms with E-state index in [0.29, 0.717) is 12.1 Å².